The molecule has 3 aliphatic carbocycles. The summed E-state index contributed by atoms with van der Waals surface area (Å²) in [5.41, 5.74) is 2.52. The minimum absolute atomic E-state index is 0.0358. The number of carboxylic acid groups (broad SMARTS) is 1. The second-order valence-electron chi connectivity index (χ2n) is 7.38. The van der Waals surface area contributed by atoms with E-state index in [1.807, 2.05) is 12.1 Å². The molecule has 0 aliphatic heterocycles. The van der Waals surface area contributed by atoms with Crippen molar-refractivity contribution >= 4 is 11.9 Å². The van der Waals surface area contributed by atoms with Crippen LogP contribution in [0.2, 0.25) is 0 Å². The zero-order valence-corrected chi connectivity index (χ0v) is 13.2. The van der Waals surface area contributed by atoms with Crippen LogP contribution in [0.4, 0.5) is 0 Å². The molecule has 0 unspecified atom stereocenters. The molecule has 2 bridgehead atoms. The van der Waals surface area contributed by atoms with Gasteiger partial charge in [0.25, 0.3) is 0 Å². The quantitative estimate of drug-likeness (QED) is 0.901. The van der Waals surface area contributed by atoms with Crippen molar-refractivity contribution in [2.24, 2.45) is 23.7 Å². The summed E-state index contributed by atoms with van der Waals surface area (Å²) >= 11 is 0. The largest absolute Gasteiger partial charge is 0.481 e. The number of hydrogen-bond donors (Lipinski definition) is 2. The van der Waals surface area contributed by atoms with Crippen molar-refractivity contribution < 1.29 is 14.7 Å². The van der Waals surface area contributed by atoms with Gasteiger partial charge in [0.15, 0.2) is 0 Å². The zero-order chi connectivity index (χ0) is 16.0. The molecule has 2 saturated carbocycles. The van der Waals surface area contributed by atoms with E-state index < -0.39 is 11.9 Å². The molecule has 4 nitrogen and oxygen atoms in total. The molecule has 4 rings (SSSR count). The molecule has 1 aromatic carbocycles. The van der Waals surface area contributed by atoms with E-state index in [4.69, 9.17) is 0 Å². The highest BCUT2D eigenvalue weighted by atomic mass is 16.4. The molecule has 3 aliphatic rings. The van der Waals surface area contributed by atoms with Crippen molar-refractivity contribution in [2.75, 3.05) is 0 Å². The predicted octanol–water partition coefficient (Wildman–Crippen LogP) is 2.93. The van der Waals surface area contributed by atoms with Gasteiger partial charge in [0.1, 0.15) is 0 Å². The Morgan fingerprint density at radius 2 is 1.78 bits per heavy atom. The first kappa shape index (κ1) is 14.7. The Balaban J connectivity index is 1.54. The van der Waals surface area contributed by atoms with Crippen molar-refractivity contribution in [1.82, 2.24) is 5.32 Å². The second-order valence-corrected chi connectivity index (χ2v) is 7.38. The van der Waals surface area contributed by atoms with E-state index in [0.717, 1.165) is 38.5 Å². The number of aryl methyl sites for hydroxylation is 1. The van der Waals surface area contributed by atoms with Crippen LogP contribution in [0.1, 0.15) is 49.3 Å². The number of fused-ring (bicyclic) bond motifs is 3. The highest BCUT2D eigenvalue weighted by Crippen LogP contribution is 2.52. The van der Waals surface area contributed by atoms with Gasteiger partial charge in [-0.05, 0) is 61.5 Å². The average molecular weight is 313 g/mol. The van der Waals surface area contributed by atoms with Crippen LogP contribution in [0.5, 0.6) is 0 Å². The van der Waals surface area contributed by atoms with Gasteiger partial charge in [0.2, 0.25) is 5.91 Å². The van der Waals surface area contributed by atoms with Crippen LogP contribution < -0.4 is 5.32 Å². The SMILES string of the molecule is O=C(N[C@H]1CCCc2ccccc21)[C@@H]1[C@@H]2CC[C@@H](C2)[C@@H]1C(=O)O. The van der Waals surface area contributed by atoms with Crippen LogP contribution >= 0.6 is 0 Å². The fourth-order valence-corrected chi connectivity index (χ4v) is 5.20. The number of amides is 1. The van der Waals surface area contributed by atoms with E-state index >= 15 is 0 Å². The second kappa shape index (κ2) is 5.66. The summed E-state index contributed by atoms with van der Waals surface area (Å²) in [6.07, 6.45) is 5.97. The Morgan fingerprint density at radius 1 is 1.04 bits per heavy atom. The fraction of sp³-hybridized carbons (Fsp3) is 0.579. The van der Waals surface area contributed by atoms with Gasteiger partial charge in [-0.3, -0.25) is 9.59 Å². The van der Waals surface area contributed by atoms with Gasteiger partial charge in [0, 0.05) is 0 Å². The van der Waals surface area contributed by atoms with Crippen molar-refractivity contribution in [3.63, 3.8) is 0 Å². The van der Waals surface area contributed by atoms with Gasteiger partial charge < -0.3 is 10.4 Å². The number of carbonyl (C=O) groups excluding carboxylic acids is 1. The Bertz CT molecular complexity index is 641. The Labute approximate surface area is 136 Å². The summed E-state index contributed by atoms with van der Waals surface area (Å²) in [5, 5.41) is 12.7. The first-order valence-electron chi connectivity index (χ1n) is 8.76. The molecule has 23 heavy (non-hydrogen) atoms. The normalized spacial score (nSPS) is 34.9. The number of carboxylic acids is 1. The lowest BCUT2D eigenvalue weighted by Gasteiger charge is -2.31. The highest BCUT2D eigenvalue weighted by molar-refractivity contribution is 5.86. The molecule has 1 aromatic rings. The summed E-state index contributed by atoms with van der Waals surface area (Å²) in [5.74, 6) is -1.17. The maximum Gasteiger partial charge on any atom is 0.307 e. The van der Waals surface area contributed by atoms with Crippen LogP contribution in [0.15, 0.2) is 24.3 Å². The monoisotopic (exact) mass is 313 g/mol. The third-order valence-electron chi connectivity index (χ3n) is 6.19. The van der Waals surface area contributed by atoms with Crippen molar-refractivity contribution in [1.29, 1.82) is 0 Å². The van der Waals surface area contributed by atoms with E-state index in [-0.39, 0.29) is 29.7 Å². The number of rotatable bonds is 3. The minimum Gasteiger partial charge on any atom is -0.481 e. The van der Waals surface area contributed by atoms with Crippen molar-refractivity contribution in [3.8, 4) is 0 Å². The Kier molecular flexibility index (Phi) is 3.63. The molecule has 122 valence electrons. The molecule has 0 aromatic heterocycles. The molecule has 2 N–H and O–H groups in total. The van der Waals surface area contributed by atoms with E-state index in [1.54, 1.807) is 0 Å². The summed E-state index contributed by atoms with van der Waals surface area (Å²) in [6.45, 7) is 0. The van der Waals surface area contributed by atoms with E-state index in [2.05, 4.69) is 17.4 Å². The molecule has 4 heteroatoms. The van der Waals surface area contributed by atoms with E-state index in [0.29, 0.717) is 0 Å². The summed E-state index contributed by atoms with van der Waals surface area (Å²) in [4.78, 5) is 24.5. The summed E-state index contributed by atoms with van der Waals surface area (Å²) < 4.78 is 0. The maximum atomic E-state index is 12.9. The minimum atomic E-state index is -0.790. The third-order valence-corrected chi connectivity index (χ3v) is 6.19. The van der Waals surface area contributed by atoms with Gasteiger partial charge in [-0.1, -0.05) is 24.3 Å². The number of benzene rings is 1. The molecule has 0 saturated heterocycles. The molecule has 0 radical (unpaired) electrons. The number of hydrogen-bond acceptors (Lipinski definition) is 2. The highest BCUT2D eigenvalue weighted by Gasteiger charge is 2.54. The number of aliphatic carboxylic acids is 1. The predicted molar refractivity (Wildman–Crippen MR) is 85.7 cm³/mol. The lowest BCUT2D eigenvalue weighted by Crippen LogP contribution is -2.43. The van der Waals surface area contributed by atoms with Gasteiger partial charge in [-0.15, -0.1) is 0 Å². The first-order chi connectivity index (χ1) is 11.1. The van der Waals surface area contributed by atoms with E-state index in [1.165, 1.54) is 11.1 Å². The van der Waals surface area contributed by atoms with E-state index in [9.17, 15) is 14.7 Å². The fourth-order valence-electron chi connectivity index (χ4n) is 5.20. The van der Waals surface area contributed by atoms with Crippen LogP contribution in [-0.2, 0) is 16.0 Å². The third kappa shape index (κ3) is 2.44. The average Bonchev–Trinajstić information content (AvgIpc) is 3.16. The lowest BCUT2D eigenvalue weighted by molar-refractivity contribution is -0.149. The molecule has 0 spiro atoms. The molecule has 5 atom stereocenters. The Morgan fingerprint density at radius 3 is 2.57 bits per heavy atom. The molecule has 2 fully saturated rings. The van der Waals surface area contributed by atoms with Crippen LogP contribution in [0, 0.1) is 23.7 Å². The van der Waals surface area contributed by atoms with Crippen LogP contribution in [0.3, 0.4) is 0 Å². The number of carbonyl (C=O) groups is 2. The number of nitrogens with one attached hydrogen (secondary N) is 1. The molecular formula is C19H23NO3. The van der Waals surface area contributed by atoms with Gasteiger partial charge >= 0.3 is 5.97 Å². The van der Waals surface area contributed by atoms with Crippen molar-refractivity contribution in [2.45, 2.75) is 44.6 Å². The van der Waals surface area contributed by atoms with Gasteiger partial charge in [-0.25, -0.2) is 0 Å². The summed E-state index contributed by atoms with van der Waals surface area (Å²) in [6, 6.07) is 8.32. The van der Waals surface area contributed by atoms with Crippen LogP contribution in [0.25, 0.3) is 0 Å². The Hall–Kier alpha value is -1.84. The summed E-state index contributed by atoms with van der Waals surface area (Å²) in [7, 11) is 0. The van der Waals surface area contributed by atoms with Gasteiger partial charge in [0.05, 0.1) is 17.9 Å². The maximum absolute atomic E-state index is 12.9. The standard InChI is InChI=1S/C19H23NO3/c21-18(16-12-8-9-13(10-12)17(16)19(22)23)20-15-7-3-5-11-4-1-2-6-14(11)15/h1-2,4,6,12-13,15-17H,3,5,7-10H2,(H,20,21)(H,22,23)/t12-,13+,15+,16-,17+/m1/s1. The zero-order valence-electron chi connectivity index (χ0n) is 13.2. The topological polar surface area (TPSA) is 66.4 Å². The van der Waals surface area contributed by atoms with Gasteiger partial charge in [-0.2, -0.15) is 0 Å². The first-order valence-corrected chi connectivity index (χ1v) is 8.76. The molecule has 1 amide bonds. The lowest BCUT2D eigenvalue weighted by atomic mass is 9.78. The molecule has 0 heterocycles. The van der Waals surface area contributed by atoms with Crippen LogP contribution in [-0.4, -0.2) is 17.0 Å². The smallest absolute Gasteiger partial charge is 0.307 e. The van der Waals surface area contributed by atoms with Crippen molar-refractivity contribution in [3.05, 3.63) is 35.4 Å². The molecular weight excluding hydrogens is 290 g/mol.